The van der Waals surface area contributed by atoms with Crippen molar-refractivity contribution in [3.8, 4) is 23.0 Å². The third-order valence-electron chi connectivity index (χ3n) is 6.99. The van der Waals surface area contributed by atoms with Crippen molar-refractivity contribution in [2.24, 2.45) is 0 Å². The summed E-state index contributed by atoms with van der Waals surface area (Å²) in [7, 11) is 3.66. The molecular formula is C32H33F5N2O8. The number of alkyl halides is 5. The van der Waals surface area contributed by atoms with E-state index in [0.29, 0.717) is 6.92 Å². The molecule has 3 aromatic rings. The van der Waals surface area contributed by atoms with Crippen LogP contribution in [0, 0.1) is 0 Å². The van der Waals surface area contributed by atoms with Crippen LogP contribution in [0.5, 0.6) is 23.0 Å². The third kappa shape index (κ3) is 8.65. The molecule has 1 aromatic heterocycles. The average molecular weight is 669 g/mol. The van der Waals surface area contributed by atoms with Crippen molar-refractivity contribution < 1.29 is 60.0 Å². The number of ether oxygens (including phenoxy) is 5. The van der Waals surface area contributed by atoms with Gasteiger partial charge in [0.15, 0.2) is 11.4 Å². The van der Waals surface area contributed by atoms with Gasteiger partial charge in [0.05, 0.1) is 32.8 Å². The van der Waals surface area contributed by atoms with Crippen LogP contribution in [0.4, 0.5) is 22.0 Å². The lowest BCUT2D eigenvalue weighted by molar-refractivity contribution is -0.150. The molecule has 0 saturated heterocycles. The number of pyridine rings is 1. The summed E-state index contributed by atoms with van der Waals surface area (Å²) in [6.07, 6.45) is -4.67. The number of amides is 1. The maximum atomic E-state index is 14.2. The van der Waals surface area contributed by atoms with Gasteiger partial charge in [0.2, 0.25) is 5.75 Å². The standard InChI is InChI=1S/C32H33F5N2O8/c1-16(39-29(41)27-28(47-18(3)40)23(43-5)12-13-38-27)30(42)46-17(2)26(21-10-8-19(31(4,33)34)14-24(21)44-6)22-11-9-20(32(35,36)37)15-25(22)45-7/h8-17,26H,1-7H3,(H,39,41)/t16-,17-,26?/m0/s1. The molecule has 254 valence electrons. The van der Waals surface area contributed by atoms with Crippen molar-refractivity contribution >= 4 is 17.8 Å². The normalized spacial score (nSPS) is 13.5. The maximum absolute atomic E-state index is 14.2. The molecule has 3 atom stereocenters. The Hall–Kier alpha value is -4.95. The van der Waals surface area contributed by atoms with Gasteiger partial charge >= 0.3 is 18.1 Å². The minimum atomic E-state index is -4.70. The average Bonchev–Trinajstić information content (AvgIpc) is 3.00. The fraction of sp³-hybridized carbons (Fsp3) is 0.375. The highest BCUT2D eigenvalue weighted by Crippen LogP contribution is 2.43. The number of rotatable bonds is 12. The zero-order valence-corrected chi connectivity index (χ0v) is 26.5. The zero-order valence-electron chi connectivity index (χ0n) is 26.5. The van der Waals surface area contributed by atoms with Crippen molar-refractivity contribution in [3.05, 3.63) is 76.6 Å². The summed E-state index contributed by atoms with van der Waals surface area (Å²) in [6.45, 7) is 4.52. The number of hydrogen-bond donors (Lipinski definition) is 1. The van der Waals surface area contributed by atoms with Gasteiger partial charge in [0.1, 0.15) is 23.6 Å². The maximum Gasteiger partial charge on any atom is 0.416 e. The molecule has 0 bridgehead atoms. The monoisotopic (exact) mass is 668 g/mol. The molecule has 0 saturated carbocycles. The lowest BCUT2D eigenvalue weighted by atomic mass is 9.84. The van der Waals surface area contributed by atoms with Crippen LogP contribution in [-0.2, 0) is 26.4 Å². The first-order chi connectivity index (χ1) is 21.9. The number of nitrogens with zero attached hydrogens (tertiary/aromatic N) is 1. The first kappa shape index (κ1) is 36.5. The van der Waals surface area contributed by atoms with Crippen LogP contribution in [0.15, 0.2) is 48.7 Å². The zero-order chi connectivity index (χ0) is 35.3. The molecule has 1 N–H and O–H groups in total. The molecule has 1 amide bonds. The van der Waals surface area contributed by atoms with Crippen LogP contribution in [0.1, 0.15) is 66.4 Å². The fourth-order valence-electron chi connectivity index (χ4n) is 4.73. The summed E-state index contributed by atoms with van der Waals surface area (Å²) in [5.41, 5.74) is -1.45. The first-order valence-electron chi connectivity index (χ1n) is 14.0. The van der Waals surface area contributed by atoms with Gasteiger partial charge in [-0.3, -0.25) is 9.59 Å². The van der Waals surface area contributed by atoms with E-state index in [9.17, 15) is 36.3 Å². The smallest absolute Gasteiger partial charge is 0.416 e. The molecule has 0 radical (unpaired) electrons. The summed E-state index contributed by atoms with van der Waals surface area (Å²) in [6, 6.07) is 6.24. The Morgan fingerprint density at radius 1 is 0.809 bits per heavy atom. The van der Waals surface area contributed by atoms with Gasteiger partial charge in [-0.2, -0.15) is 13.2 Å². The summed E-state index contributed by atoms with van der Waals surface area (Å²) in [4.78, 5) is 41.9. The van der Waals surface area contributed by atoms with Crippen LogP contribution in [-0.4, -0.2) is 56.3 Å². The topological polar surface area (TPSA) is 122 Å². The van der Waals surface area contributed by atoms with Gasteiger partial charge in [-0.15, -0.1) is 0 Å². The Balaban J connectivity index is 2.01. The Morgan fingerprint density at radius 2 is 1.34 bits per heavy atom. The highest BCUT2D eigenvalue weighted by atomic mass is 19.4. The van der Waals surface area contributed by atoms with E-state index in [1.165, 1.54) is 46.4 Å². The summed E-state index contributed by atoms with van der Waals surface area (Å²) < 4.78 is 95.5. The predicted molar refractivity (Wildman–Crippen MR) is 157 cm³/mol. The predicted octanol–water partition coefficient (Wildman–Crippen LogP) is 6.05. The second kappa shape index (κ2) is 14.6. The molecule has 0 spiro atoms. The molecular weight excluding hydrogens is 635 g/mol. The highest BCUT2D eigenvalue weighted by molar-refractivity contribution is 5.98. The highest BCUT2D eigenvalue weighted by Gasteiger charge is 2.36. The lowest BCUT2D eigenvalue weighted by Crippen LogP contribution is -2.41. The number of carbonyl (C=O) groups excluding carboxylic acids is 3. The van der Waals surface area contributed by atoms with E-state index < -0.39 is 59.1 Å². The number of esters is 2. The van der Waals surface area contributed by atoms with Crippen molar-refractivity contribution in [2.75, 3.05) is 21.3 Å². The van der Waals surface area contributed by atoms with Gasteiger partial charge < -0.3 is 29.0 Å². The van der Waals surface area contributed by atoms with E-state index in [1.54, 1.807) is 0 Å². The van der Waals surface area contributed by atoms with Crippen molar-refractivity contribution in [3.63, 3.8) is 0 Å². The van der Waals surface area contributed by atoms with Gasteiger partial charge in [0.25, 0.3) is 11.8 Å². The van der Waals surface area contributed by atoms with Crippen molar-refractivity contribution in [1.29, 1.82) is 0 Å². The van der Waals surface area contributed by atoms with Crippen LogP contribution in [0.25, 0.3) is 0 Å². The van der Waals surface area contributed by atoms with Crippen LogP contribution in [0.2, 0.25) is 0 Å². The van der Waals surface area contributed by atoms with E-state index in [0.717, 1.165) is 44.4 Å². The molecule has 15 heteroatoms. The minimum Gasteiger partial charge on any atom is -0.496 e. The summed E-state index contributed by atoms with van der Waals surface area (Å²) >= 11 is 0. The van der Waals surface area contributed by atoms with E-state index in [2.05, 4.69) is 10.3 Å². The van der Waals surface area contributed by atoms with E-state index in [4.69, 9.17) is 23.7 Å². The SMILES string of the molecule is COc1cc(C(C)(F)F)ccc1C(c1ccc(C(F)(F)F)cc1OC)[C@H](C)OC(=O)[C@H](C)NC(=O)c1nccc(OC)c1OC(C)=O. The van der Waals surface area contributed by atoms with Gasteiger partial charge in [-0.1, -0.05) is 18.2 Å². The second-order valence-corrected chi connectivity index (χ2v) is 10.4. The number of benzene rings is 2. The van der Waals surface area contributed by atoms with Crippen molar-refractivity contribution in [2.45, 2.75) is 57.9 Å². The molecule has 0 aliphatic carbocycles. The number of nitrogens with one attached hydrogen (secondary N) is 1. The molecule has 1 unspecified atom stereocenters. The summed E-state index contributed by atoms with van der Waals surface area (Å²) in [5.74, 6) is -7.54. The number of carbonyl (C=O) groups is 3. The number of halogens is 5. The molecule has 3 rings (SSSR count). The lowest BCUT2D eigenvalue weighted by Gasteiger charge is -2.29. The number of hydrogen-bond acceptors (Lipinski definition) is 9. The van der Waals surface area contributed by atoms with E-state index >= 15 is 0 Å². The Bertz CT molecular complexity index is 1560. The molecule has 0 aliphatic heterocycles. The van der Waals surface area contributed by atoms with E-state index in [1.807, 2.05) is 0 Å². The fourth-order valence-corrected chi connectivity index (χ4v) is 4.73. The van der Waals surface area contributed by atoms with Gasteiger partial charge in [0, 0.05) is 42.8 Å². The molecule has 2 aromatic carbocycles. The quantitative estimate of drug-likeness (QED) is 0.182. The Kier molecular flexibility index (Phi) is 11.4. The van der Waals surface area contributed by atoms with E-state index in [-0.39, 0.29) is 39.8 Å². The second-order valence-electron chi connectivity index (χ2n) is 10.4. The molecule has 0 fully saturated rings. The van der Waals surface area contributed by atoms with Crippen LogP contribution in [0.3, 0.4) is 0 Å². The van der Waals surface area contributed by atoms with Crippen LogP contribution >= 0.6 is 0 Å². The van der Waals surface area contributed by atoms with Crippen molar-refractivity contribution in [1.82, 2.24) is 10.3 Å². The number of methoxy groups -OCH3 is 3. The first-order valence-corrected chi connectivity index (χ1v) is 14.0. The Morgan fingerprint density at radius 3 is 1.83 bits per heavy atom. The minimum absolute atomic E-state index is 0.0262. The third-order valence-corrected chi connectivity index (χ3v) is 6.99. The molecule has 10 nitrogen and oxygen atoms in total. The molecule has 1 heterocycles. The van der Waals surface area contributed by atoms with Crippen LogP contribution < -0.4 is 24.3 Å². The molecule has 47 heavy (non-hydrogen) atoms. The largest absolute Gasteiger partial charge is 0.496 e. The summed E-state index contributed by atoms with van der Waals surface area (Å²) in [5, 5.41) is 2.40. The van der Waals surface area contributed by atoms with Gasteiger partial charge in [-0.05, 0) is 32.0 Å². The van der Waals surface area contributed by atoms with Gasteiger partial charge in [-0.25, -0.2) is 18.6 Å². The molecule has 0 aliphatic rings. The Labute approximate surface area is 267 Å². The number of aromatic nitrogens is 1.